The van der Waals surface area contributed by atoms with Crippen molar-refractivity contribution in [1.82, 2.24) is 0 Å². The molecule has 0 saturated heterocycles. The van der Waals surface area contributed by atoms with Gasteiger partial charge in [0.25, 0.3) is 0 Å². The molecule has 2 heterocycles. The number of hydrogen-bond acceptors (Lipinski definition) is 17. The second kappa shape index (κ2) is 25.0. The van der Waals surface area contributed by atoms with E-state index in [1.165, 1.54) is 0 Å². The minimum absolute atomic E-state index is 0.0736. The van der Waals surface area contributed by atoms with Crippen molar-refractivity contribution in [2.24, 2.45) is 51.2 Å². The summed E-state index contributed by atoms with van der Waals surface area (Å²) in [4.78, 5) is 125. The highest BCUT2D eigenvalue weighted by molar-refractivity contribution is 5.94. The molecule has 0 bridgehead atoms. The number of allylic oxidation sites excluding steroid dienone is 3. The molecule has 11 unspecified atom stereocenters. The summed E-state index contributed by atoms with van der Waals surface area (Å²) >= 11 is 0. The molecule has 4 saturated carbocycles. The molecule has 76 heavy (non-hydrogen) atoms. The lowest BCUT2D eigenvalue weighted by molar-refractivity contribution is -0.201. The van der Waals surface area contributed by atoms with Crippen molar-refractivity contribution in [2.45, 2.75) is 143 Å². The van der Waals surface area contributed by atoms with Crippen LogP contribution in [0.2, 0.25) is 0 Å². The fraction of sp³-hybridized carbons (Fsp3) is 0.643. The van der Waals surface area contributed by atoms with Crippen LogP contribution in [-0.2, 0) is 81.1 Å². The Bertz CT molecular complexity index is 2430. The fourth-order valence-corrected chi connectivity index (χ4v) is 13.3. The maximum absolute atomic E-state index is 13.6. The Morgan fingerprint density at radius 1 is 0.579 bits per heavy atom. The number of esters is 7. The molecule has 4 aliphatic carbocycles. The lowest BCUT2D eigenvalue weighted by atomic mass is 9.45. The molecule has 6 rings (SSSR count). The van der Waals surface area contributed by atoms with Gasteiger partial charge in [0, 0.05) is 16.7 Å². The molecule has 0 aromatic carbocycles. The van der Waals surface area contributed by atoms with Crippen molar-refractivity contribution in [1.29, 1.82) is 0 Å². The van der Waals surface area contributed by atoms with E-state index in [0.29, 0.717) is 56.1 Å². The first kappa shape index (κ1) is 58.7. The van der Waals surface area contributed by atoms with E-state index < -0.39 is 113 Å². The number of carbonyl (C=O) groups is 10. The third-order valence-electron chi connectivity index (χ3n) is 17.3. The van der Waals surface area contributed by atoms with Crippen molar-refractivity contribution < 1.29 is 96.4 Å². The average molecular weight is 1070 g/mol. The Morgan fingerprint density at radius 3 is 1.49 bits per heavy atom. The molecule has 4 fully saturated rings. The van der Waals surface area contributed by atoms with Gasteiger partial charge < -0.3 is 48.5 Å². The summed E-state index contributed by atoms with van der Waals surface area (Å²) in [5.41, 5.74) is -1.41. The molecule has 6 aliphatic rings. The lowest BCUT2D eigenvalue weighted by Crippen LogP contribution is -2.60. The van der Waals surface area contributed by atoms with E-state index in [9.17, 15) is 58.2 Å². The second-order valence-corrected chi connectivity index (χ2v) is 22.1. The van der Waals surface area contributed by atoms with Crippen LogP contribution >= 0.6 is 0 Å². The SMILES string of the molecule is C=C1CCC2C(C)(COC(=O)CCC(=O)OCC3CCC4C(C)(COC(=O)CCC(=O)O)C(OC(=O)CCC(=O)O)CCC4(C)C3/C=C/C3=CCOC3=O)C(OC(=O)CCC(=O)O)CCC2(C)C1/C=C/C1=CCOC1=O. The molecule has 0 radical (unpaired) electrons. The zero-order valence-electron chi connectivity index (χ0n) is 43.8. The highest BCUT2D eigenvalue weighted by Gasteiger charge is 2.62. The molecule has 416 valence electrons. The van der Waals surface area contributed by atoms with E-state index in [2.05, 4.69) is 13.5 Å². The van der Waals surface area contributed by atoms with Crippen LogP contribution in [0.1, 0.15) is 130 Å². The van der Waals surface area contributed by atoms with E-state index >= 15 is 0 Å². The van der Waals surface area contributed by atoms with Gasteiger partial charge >= 0.3 is 59.7 Å². The van der Waals surface area contributed by atoms with Gasteiger partial charge in [-0.25, -0.2) is 9.59 Å². The van der Waals surface area contributed by atoms with Gasteiger partial charge in [-0.1, -0.05) is 64.2 Å². The van der Waals surface area contributed by atoms with Gasteiger partial charge in [0.2, 0.25) is 0 Å². The molecule has 0 aromatic heterocycles. The predicted octanol–water partition coefficient (Wildman–Crippen LogP) is 6.73. The van der Waals surface area contributed by atoms with Crippen LogP contribution in [0, 0.1) is 51.2 Å². The van der Waals surface area contributed by atoms with Crippen LogP contribution in [0.25, 0.3) is 0 Å². The fourth-order valence-electron chi connectivity index (χ4n) is 13.3. The molecular formula is C56H72O20. The minimum atomic E-state index is -1.18. The standard InChI is InChI=1S/C56H72O20/c1-33-6-12-39-53(2,37(33)10-7-34-24-28-70-51(34)68)26-22-41(75-49(66)18-15-44(59)60)55(39,4)31-74-48(65)21-20-46(63)72-30-36-9-13-40-54(3,38(36)11-8-35-25-29-71-52(35)69)27-23-42(76-50(67)19-16-45(61)62)56(40,5)32-73-47(64)17-14-43(57)58/h7-8,10-11,24-25,36-42H,1,6,9,12-23,26-32H2,2-5H3,(H,57,58)(H,59,60)(H,61,62)/b10-7+,11-8+. The van der Waals surface area contributed by atoms with Crippen molar-refractivity contribution in [3.05, 3.63) is 59.8 Å². The first-order chi connectivity index (χ1) is 35.9. The van der Waals surface area contributed by atoms with Crippen LogP contribution in [0.4, 0.5) is 0 Å². The lowest BCUT2D eigenvalue weighted by Gasteiger charge is -2.61. The molecule has 3 N–H and O–H groups in total. The number of cyclic esters (lactones) is 2. The van der Waals surface area contributed by atoms with Crippen LogP contribution in [0.15, 0.2) is 59.8 Å². The number of hydrogen-bond donors (Lipinski definition) is 3. The van der Waals surface area contributed by atoms with E-state index in [1.807, 2.05) is 32.9 Å². The summed E-state index contributed by atoms with van der Waals surface area (Å²) < 4.78 is 39.7. The minimum Gasteiger partial charge on any atom is -0.481 e. The van der Waals surface area contributed by atoms with E-state index in [0.717, 1.165) is 5.57 Å². The number of aliphatic carboxylic acids is 3. The largest absolute Gasteiger partial charge is 0.481 e. The van der Waals surface area contributed by atoms with Crippen LogP contribution in [0.5, 0.6) is 0 Å². The summed E-state index contributed by atoms with van der Waals surface area (Å²) in [6.07, 6.45) is 9.78. The van der Waals surface area contributed by atoms with E-state index in [1.54, 1.807) is 24.3 Å². The average Bonchev–Trinajstić information content (AvgIpc) is 3.98. The van der Waals surface area contributed by atoms with Gasteiger partial charge in [-0.05, 0) is 98.0 Å². The molecule has 0 spiro atoms. The second-order valence-electron chi connectivity index (χ2n) is 22.1. The summed E-state index contributed by atoms with van der Waals surface area (Å²) in [6, 6.07) is 0. The van der Waals surface area contributed by atoms with Crippen molar-refractivity contribution in [3.8, 4) is 0 Å². The molecule has 0 amide bonds. The smallest absolute Gasteiger partial charge is 0.338 e. The van der Waals surface area contributed by atoms with Crippen molar-refractivity contribution in [3.63, 3.8) is 0 Å². The van der Waals surface area contributed by atoms with Crippen LogP contribution in [0.3, 0.4) is 0 Å². The first-order valence-electron chi connectivity index (χ1n) is 26.2. The molecule has 20 nitrogen and oxygen atoms in total. The molecular weight excluding hydrogens is 993 g/mol. The Hall–Kier alpha value is -6.60. The van der Waals surface area contributed by atoms with Gasteiger partial charge in [-0.2, -0.15) is 0 Å². The van der Waals surface area contributed by atoms with Crippen LogP contribution in [-0.4, -0.2) is 120 Å². The summed E-state index contributed by atoms with van der Waals surface area (Å²) in [5.74, 6) is -9.43. The maximum Gasteiger partial charge on any atom is 0.338 e. The van der Waals surface area contributed by atoms with Crippen LogP contribution < -0.4 is 0 Å². The number of carbonyl (C=O) groups excluding carboxylic acids is 7. The van der Waals surface area contributed by atoms with Gasteiger partial charge in [0.15, 0.2) is 0 Å². The third-order valence-corrected chi connectivity index (χ3v) is 17.3. The molecule has 11 atom stereocenters. The normalized spacial score (nSPS) is 31.9. The number of rotatable bonds is 24. The Balaban J connectivity index is 1.15. The zero-order valence-corrected chi connectivity index (χ0v) is 43.8. The van der Waals surface area contributed by atoms with Gasteiger partial charge in [-0.15, -0.1) is 0 Å². The molecule has 20 heteroatoms. The molecule has 0 aromatic rings. The number of carboxylic acids is 3. The Labute approximate surface area is 441 Å². The Morgan fingerprint density at radius 2 is 1.01 bits per heavy atom. The van der Waals surface area contributed by atoms with Gasteiger partial charge in [0.1, 0.15) is 38.6 Å². The highest BCUT2D eigenvalue weighted by Crippen LogP contribution is 2.64. The van der Waals surface area contributed by atoms with Gasteiger partial charge in [-0.3, -0.25) is 38.4 Å². The first-order valence-corrected chi connectivity index (χ1v) is 26.2. The highest BCUT2D eigenvalue weighted by atomic mass is 16.6. The number of carboxylic acid groups (broad SMARTS) is 3. The quantitative estimate of drug-likeness (QED) is 0.0513. The summed E-state index contributed by atoms with van der Waals surface area (Å²) in [7, 11) is 0. The van der Waals surface area contributed by atoms with E-state index in [4.69, 9.17) is 38.3 Å². The topological polar surface area (TPSA) is 296 Å². The molecule has 2 aliphatic heterocycles. The maximum atomic E-state index is 13.6. The summed E-state index contributed by atoms with van der Waals surface area (Å²) in [6.45, 7) is 12.0. The van der Waals surface area contributed by atoms with Gasteiger partial charge in [0.05, 0.1) is 69.1 Å². The zero-order chi connectivity index (χ0) is 55.6. The number of fused-ring (bicyclic) bond motifs is 2. The summed E-state index contributed by atoms with van der Waals surface area (Å²) in [5, 5.41) is 27.6. The number of ether oxygens (including phenoxy) is 7. The Kier molecular flexibility index (Phi) is 19.3. The third kappa shape index (κ3) is 13.9. The monoisotopic (exact) mass is 1060 g/mol. The van der Waals surface area contributed by atoms with E-state index in [-0.39, 0.29) is 101 Å². The predicted molar refractivity (Wildman–Crippen MR) is 265 cm³/mol. The van der Waals surface area contributed by atoms with Crippen molar-refractivity contribution >= 4 is 59.7 Å². The van der Waals surface area contributed by atoms with Crippen molar-refractivity contribution in [2.75, 3.05) is 33.0 Å².